The number of aryl methyl sites for hydroxylation is 1. The fourth-order valence-electron chi connectivity index (χ4n) is 2.85. The highest BCUT2D eigenvalue weighted by atomic mass is 16.2. The maximum atomic E-state index is 12.5. The highest BCUT2D eigenvalue weighted by Gasteiger charge is 2.16. The van der Waals surface area contributed by atoms with Crippen LogP contribution in [0.25, 0.3) is 11.0 Å². The van der Waals surface area contributed by atoms with Crippen LogP contribution < -0.4 is 16.6 Å². The maximum Gasteiger partial charge on any atom is 0.327 e. The van der Waals surface area contributed by atoms with Gasteiger partial charge in [-0.1, -0.05) is 29.8 Å². The van der Waals surface area contributed by atoms with Crippen LogP contribution in [0.3, 0.4) is 0 Å². The first kappa shape index (κ1) is 18.5. The Kier molecular flexibility index (Phi) is 5.18. The number of pyridine rings is 1. The number of fused-ring (bicyclic) bond motifs is 1. The molecule has 3 rings (SSSR count). The Morgan fingerprint density at radius 2 is 1.89 bits per heavy atom. The molecule has 2 heterocycles. The lowest BCUT2D eigenvalue weighted by Crippen LogP contribution is -2.34. The Balaban J connectivity index is 1.80. The lowest BCUT2D eigenvalue weighted by Gasteiger charge is -2.25. The van der Waals surface area contributed by atoms with E-state index in [4.69, 9.17) is 0 Å². The number of nitrogens with zero attached hydrogens (tertiary/aromatic N) is 2. The summed E-state index contributed by atoms with van der Waals surface area (Å²) in [5.74, 6) is -0.339. The molecule has 8 nitrogen and oxygen atoms in total. The number of nitrogens with one attached hydrogen (secondary N) is 3. The third-order valence-corrected chi connectivity index (χ3v) is 4.39. The van der Waals surface area contributed by atoms with Crippen molar-refractivity contribution in [2.75, 3.05) is 20.6 Å². The molecule has 0 radical (unpaired) electrons. The van der Waals surface area contributed by atoms with E-state index in [-0.39, 0.29) is 28.5 Å². The molecule has 140 valence electrons. The number of benzene rings is 1. The zero-order valence-electron chi connectivity index (χ0n) is 15.4. The SMILES string of the molecule is Cc1ccc([C@H](CNC(=O)c2cnc3[nH]c(=O)[nH]c(=O)c3c2)N(C)C)cc1. The van der Waals surface area contributed by atoms with Gasteiger partial charge in [0.2, 0.25) is 0 Å². The van der Waals surface area contributed by atoms with Crippen LogP contribution in [0.15, 0.2) is 46.1 Å². The highest BCUT2D eigenvalue weighted by molar-refractivity contribution is 5.96. The average Bonchev–Trinajstić information content (AvgIpc) is 2.62. The topological polar surface area (TPSA) is 111 Å². The van der Waals surface area contributed by atoms with E-state index in [0.29, 0.717) is 6.54 Å². The summed E-state index contributed by atoms with van der Waals surface area (Å²) < 4.78 is 0. The molecule has 1 atom stereocenters. The molecule has 0 aliphatic carbocycles. The van der Waals surface area contributed by atoms with Gasteiger partial charge in [-0.25, -0.2) is 9.78 Å². The normalized spacial score (nSPS) is 12.3. The van der Waals surface area contributed by atoms with Crippen molar-refractivity contribution in [3.63, 3.8) is 0 Å². The zero-order valence-corrected chi connectivity index (χ0v) is 15.4. The summed E-state index contributed by atoms with van der Waals surface area (Å²) in [6.07, 6.45) is 1.34. The molecule has 0 spiro atoms. The van der Waals surface area contributed by atoms with Crippen LogP contribution in [0, 0.1) is 6.92 Å². The lowest BCUT2D eigenvalue weighted by atomic mass is 10.0. The minimum absolute atomic E-state index is 0.00252. The van der Waals surface area contributed by atoms with Crippen LogP contribution in [0.5, 0.6) is 0 Å². The Bertz CT molecular complexity index is 1080. The lowest BCUT2D eigenvalue weighted by molar-refractivity contribution is 0.0941. The molecular formula is C19H21N5O3. The van der Waals surface area contributed by atoms with Gasteiger partial charge in [0.05, 0.1) is 17.0 Å². The van der Waals surface area contributed by atoms with E-state index in [2.05, 4.69) is 20.3 Å². The van der Waals surface area contributed by atoms with Gasteiger partial charge in [0.1, 0.15) is 5.65 Å². The molecule has 0 fully saturated rings. The third-order valence-electron chi connectivity index (χ3n) is 4.39. The number of hydrogen-bond donors (Lipinski definition) is 3. The van der Waals surface area contributed by atoms with E-state index in [9.17, 15) is 14.4 Å². The van der Waals surface area contributed by atoms with Gasteiger partial charge in [0, 0.05) is 12.7 Å². The van der Waals surface area contributed by atoms with Crippen LogP contribution in [0.4, 0.5) is 0 Å². The molecule has 0 saturated heterocycles. The van der Waals surface area contributed by atoms with Crippen molar-refractivity contribution >= 4 is 16.9 Å². The summed E-state index contributed by atoms with van der Waals surface area (Å²) in [5, 5.41) is 3.04. The minimum Gasteiger partial charge on any atom is -0.350 e. The van der Waals surface area contributed by atoms with Crippen LogP contribution in [-0.2, 0) is 0 Å². The van der Waals surface area contributed by atoms with Gasteiger partial charge < -0.3 is 10.2 Å². The fourth-order valence-corrected chi connectivity index (χ4v) is 2.85. The van der Waals surface area contributed by atoms with Gasteiger partial charge in [0.25, 0.3) is 11.5 Å². The Labute approximate surface area is 155 Å². The first-order valence-electron chi connectivity index (χ1n) is 8.48. The van der Waals surface area contributed by atoms with Crippen molar-refractivity contribution in [1.82, 2.24) is 25.2 Å². The summed E-state index contributed by atoms with van der Waals surface area (Å²) in [7, 11) is 3.90. The van der Waals surface area contributed by atoms with Crippen LogP contribution in [0.2, 0.25) is 0 Å². The molecule has 0 unspecified atom stereocenters. The van der Waals surface area contributed by atoms with Crippen molar-refractivity contribution < 1.29 is 4.79 Å². The van der Waals surface area contributed by atoms with E-state index in [1.807, 2.05) is 50.2 Å². The number of carbonyl (C=O) groups excluding carboxylic acids is 1. The molecule has 3 aromatic rings. The predicted molar refractivity (Wildman–Crippen MR) is 103 cm³/mol. The first-order valence-corrected chi connectivity index (χ1v) is 8.48. The van der Waals surface area contributed by atoms with Gasteiger partial charge in [-0.2, -0.15) is 0 Å². The first-order chi connectivity index (χ1) is 12.8. The second-order valence-electron chi connectivity index (χ2n) is 6.63. The second kappa shape index (κ2) is 7.55. The largest absolute Gasteiger partial charge is 0.350 e. The van der Waals surface area contributed by atoms with E-state index < -0.39 is 11.2 Å². The minimum atomic E-state index is -0.635. The number of carbonyl (C=O) groups is 1. The highest BCUT2D eigenvalue weighted by Crippen LogP contribution is 2.18. The van der Waals surface area contributed by atoms with Gasteiger partial charge >= 0.3 is 5.69 Å². The fraction of sp³-hybridized carbons (Fsp3) is 0.263. The second-order valence-corrected chi connectivity index (χ2v) is 6.63. The molecular weight excluding hydrogens is 346 g/mol. The monoisotopic (exact) mass is 367 g/mol. The number of hydrogen-bond acceptors (Lipinski definition) is 5. The van der Waals surface area contributed by atoms with Gasteiger partial charge in [-0.15, -0.1) is 0 Å². The smallest absolute Gasteiger partial charge is 0.327 e. The van der Waals surface area contributed by atoms with Crippen LogP contribution >= 0.6 is 0 Å². The van der Waals surface area contributed by atoms with E-state index in [1.165, 1.54) is 17.8 Å². The summed E-state index contributed by atoms with van der Waals surface area (Å²) in [6, 6.07) is 9.58. The van der Waals surface area contributed by atoms with E-state index >= 15 is 0 Å². The molecule has 8 heteroatoms. The summed E-state index contributed by atoms with van der Waals surface area (Å²) in [6.45, 7) is 2.42. The number of amides is 1. The number of H-pyrrole nitrogens is 2. The number of aromatic amines is 2. The predicted octanol–water partition coefficient (Wildman–Crippen LogP) is 0.953. The standard InChI is InChI=1S/C19H21N5O3/c1-11-4-6-12(7-5-11)15(24(2)3)10-21-17(25)13-8-14-16(20-9-13)22-19(27)23-18(14)26/h4-9,15H,10H2,1-3H3,(H,21,25)(H2,20,22,23,26,27)/t15-/m0/s1. The number of rotatable bonds is 5. The molecule has 2 aromatic heterocycles. The van der Waals surface area contributed by atoms with Crippen LogP contribution in [0.1, 0.15) is 27.5 Å². The molecule has 1 amide bonds. The Morgan fingerprint density at radius 3 is 2.56 bits per heavy atom. The molecule has 3 N–H and O–H groups in total. The molecule has 1 aromatic carbocycles. The number of aromatic nitrogens is 3. The van der Waals surface area contributed by atoms with Gasteiger partial charge in [-0.05, 0) is 32.6 Å². The van der Waals surface area contributed by atoms with Crippen molar-refractivity contribution in [1.29, 1.82) is 0 Å². The Hall–Kier alpha value is -3.26. The molecule has 0 aliphatic rings. The summed E-state index contributed by atoms with van der Waals surface area (Å²) >= 11 is 0. The van der Waals surface area contributed by atoms with Crippen molar-refractivity contribution in [3.8, 4) is 0 Å². The zero-order chi connectivity index (χ0) is 19.6. The number of likely N-dealkylation sites (N-methyl/N-ethyl adjacent to an activating group) is 1. The molecule has 0 bridgehead atoms. The van der Waals surface area contributed by atoms with Crippen molar-refractivity contribution in [2.45, 2.75) is 13.0 Å². The quantitative estimate of drug-likeness (QED) is 0.622. The van der Waals surface area contributed by atoms with Crippen LogP contribution in [-0.4, -0.2) is 46.4 Å². The van der Waals surface area contributed by atoms with Crippen molar-refractivity contribution in [2.24, 2.45) is 0 Å². The molecule has 0 saturated carbocycles. The summed E-state index contributed by atoms with van der Waals surface area (Å²) in [5.41, 5.74) is 1.45. The maximum absolute atomic E-state index is 12.5. The average molecular weight is 367 g/mol. The summed E-state index contributed by atoms with van der Waals surface area (Å²) in [4.78, 5) is 46.3. The van der Waals surface area contributed by atoms with Gasteiger partial charge in [-0.3, -0.25) is 19.6 Å². The van der Waals surface area contributed by atoms with E-state index in [1.54, 1.807) is 0 Å². The van der Waals surface area contributed by atoms with Gasteiger partial charge in [0.15, 0.2) is 0 Å². The Morgan fingerprint density at radius 1 is 1.19 bits per heavy atom. The third kappa shape index (κ3) is 4.12. The molecule has 27 heavy (non-hydrogen) atoms. The van der Waals surface area contributed by atoms with Crippen molar-refractivity contribution in [3.05, 3.63) is 74.1 Å². The molecule has 0 aliphatic heterocycles. The van der Waals surface area contributed by atoms with E-state index in [0.717, 1.165) is 5.56 Å².